The average molecular weight is 507 g/mol. The maximum Gasteiger partial charge on any atom is 0.435 e. The summed E-state index contributed by atoms with van der Waals surface area (Å²) in [4.78, 5) is 12.5. The molecule has 1 atom stereocenters. The fraction of sp³-hybridized carbons (Fsp3) is 0.111. The number of hydrogen-bond donors (Lipinski definition) is 0. The molecule has 5 nitrogen and oxygen atoms in total. The molecule has 37 heavy (non-hydrogen) atoms. The molecule has 0 saturated heterocycles. The Labute approximate surface area is 208 Å². The molecule has 0 radical (unpaired) electrons. The third-order valence-corrected chi connectivity index (χ3v) is 5.67. The quantitative estimate of drug-likeness (QED) is 0.201. The summed E-state index contributed by atoms with van der Waals surface area (Å²) in [6.07, 6.45) is -3.39. The van der Waals surface area contributed by atoms with E-state index >= 15 is 0 Å². The summed E-state index contributed by atoms with van der Waals surface area (Å²) in [5, 5.41) is 3.62. The van der Waals surface area contributed by atoms with Gasteiger partial charge in [0.05, 0.1) is 28.6 Å². The maximum atomic E-state index is 14.5. The van der Waals surface area contributed by atoms with Gasteiger partial charge in [0.25, 0.3) is 0 Å². The van der Waals surface area contributed by atoms with Crippen LogP contribution in [0, 0.1) is 18.8 Å². The highest BCUT2D eigenvalue weighted by Crippen LogP contribution is 2.33. The number of alkyl halides is 3. The number of nitrogens with zero attached hydrogens (tertiary/aromatic N) is 5. The van der Waals surface area contributed by atoms with Gasteiger partial charge in [-0.2, -0.15) is 32.0 Å². The number of halogens is 5. The molecule has 0 bridgehead atoms. The minimum atomic E-state index is -4.58. The minimum absolute atomic E-state index is 0.0380. The normalized spacial score (nSPS) is 12.5. The molecule has 10 heteroatoms. The zero-order valence-corrected chi connectivity index (χ0v) is 19.3. The van der Waals surface area contributed by atoms with Crippen LogP contribution in [0.2, 0.25) is 0 Å². The predicted molar refractivity (Wildman–Crippen MR) is 126 cm³/mol. The highest BCUT2D eigenvalue weighted by atomic mass is 19.4. The van der Waals surface area contributed by atoms with Gasteiger partial charge in [0.1, 0.15) is 0 Å². The van der Waals surface area contributed by atoms with Crippen LogP contribution in [0.4, 0.5) is 22.0 Å². The van der Waals surface area contributed by atoms with E-state index < -0.39 is 29.7 Å². The predicted octanol–water partition coefficient (Wildman–Crippen LogP) is 6.51. The Morgan fingerprint density at radius 2 is 1.57 bits per heavy atom. The molecule has 0 fully saturated rings. The van der Waals surface area contributed by atoms with Crippen LogP contribution < -0.4 is 0 Å². The highest BCUT2D eigenvalue weighted by Gasteiger charge is 2.33. The van der Waals surface area contributed by atoms with Crippen molar-refractivity contribution >= 4 is 0 Å². The summed E-state index contributed by atoms with van der Waals surface area (Å²) < 4.78 is 68.2. The second-order valence-electron chi connectivity index (χ2n) is 8.33. The number of benzene rings is 1. The third kappa shape index (κ3) is 5.09. The van der Waals surface area contributed by atoms with E-state index in [9.17, 15) is 22.0 Å². The lowest BCUT2D eigenvalue weighted by Gasteiger charge is -2.19. The van der Waals surface area contributed by atoms with Gasteiger partial charge in [-0.3, -0.25) is 4.98 Å². The fourth-order valence-corrected chi connectivity index (χ4v) is 4.05. The van der Waals surface area contributed by atoms with Crippen molar-refractivity contribution in [1.82, 2.24) is 24.7 Å². The first-order chi connectivity index (χ1) is 17.7. The zero-order valence-electron chi connectivity index (χ0n) is 19.3. The first kappa shape index (κ1) is 24.2. The summed E-state index contributed by atoms with van der Waals surface area (Å²) in [6, 6.07) is 20.9. The topological polar surface area (TPSA) is 56.5 Å². The van der Waals surface area contributed by atoms with Gasteiger partial charge in [-0.25, -0.2) is 9.67 Å². The number of hydrogen-bond acceptors (Lipinski definition) is 4. The summed E-state index contributed by atoms with van der Waals surface area (Å²) in [7, 11) is 0. The zero-order chi connectivity index (χ0) is 26.2. The van der Waals surface area contributed by atoms with E-state index in [2.05, 4.69) is 20.1 Å². The largest absolute Gasteiger partial charge is 0.435 e. The SMILES string of the molecule is Cc1cc(-c2ccc(F)nc2F)nc(C(c2ccccc2)c2cccc(-n3ccc(C(F)(F)F)n3)n2)c1. The Morgan fingerprint density at radius 3 is 2.27 bits per heavy atom. The van der Waals surface area contributed by atoms with Gasteiger partial charge in [0, 0.05) is 6.20 Å². The molecule has 1 aromatic carbocycles. The number of pyridine rings is 3. The van der Waals surface area contributed by atoms with Crippen molar-refractivity contribution < 1.29 is 22.0 Å². The van der Waals surface area contributed by atoms with Crippen molar-refractivity contribution in [3.05, 3.63) is 125 Å². The Morgan fingerprint density at radius 1 is 0.784 bits per heavy atom. The van der Waals surface area contributed by atoms with Crippen LogP contribution in [0.1, 0.15) is 34.1 Å². The second kappa shape index (κ2) is 9.53. The second-order valence-corrected chi connectivity index (χ2v) is 8.33. The molecule has 0 aliphatic carbocycles. The lowest BCUT2D eigenvalue weighted by atomic mass is 9.90. The maximum absolute atomic E-state index is 14.5. The number of rotatable bonds is 5. The molecular formula is C27H18F5N5. The Kier molecular flexibility index (Phi) is 6.24. The van der Waals surface area contributed by atoms with Crippen LogP contribution in [0.25, 0.3) is 17.1 Å². The van der Waals surface area contributed by atoms with Gasteiger partial charge < -0.3 is 0 Å². The Hall–Kier alpha value is -4.47. The van der Waals surface area contributed by atoms with Gasteiger partial charge in [-0.15, -0.1) is 0 Å². The highest BCUT2D eigenvalue weighted by molar-refractivity contribution is 5.60. The standard InChI is InChI=1S/C27H18F5N5/c1-16-14-20(18-10-11-23(28)35-26(18)29)33-21(15-16)25(17-6-3-2-4-7-17)19-8-5-9-24(34-19)37-13-12-22(36-37)27(30,31)32/h2-15,25H,1H3. The number of aromatic nitrogens is 5. The molecule has 4 aromatic heterocycles. The van der Waals surface area contributed by atoms with Gasteiger partial charge in [-0.05, 0) is 60.5 Å². The molecule has 0 aliphatic heterocycles. The summed E-state index contributed by atoms with van der Waals surface area (Å²) in [6.45, 7) is 1.82. The van der Waals surface area contributed by atoms with Crippen molar-refractivity contribution in [1.29, 1.82) is 0 Å². The lowest BCUT2D eigenvalue weighted by Crippen LogP contribution is -2.11. The summed E-state index contributed by atoms with van der Waals surface area (Å²) in [5.41, 5.74) is 1.86. The lowest BCUT2D eigenvalue weighted by molar-refractivity contribution is -0.141. The molecular weight excluding hydrogens is 489 g/mol. The molecule has 1 unspecified atom stereocenters. The van der Waals surface area contributed by atoms with Gasteiger partial charge in [0.15, 0.2) is 11.5 Å². The van der Waals surface area contributed by atoms with E-state index in [1.54, 1.807) is 24.3 Å². The van der Waals surface area contributed by atoms with Crippen molar-refractivity contribution in [3.63, 3.8) is 0 Å². The van der Waals surface area contributed by atoms with E-state index in [1.807, 2.05) is 43.3 Å². The van der Waals surface area contributed by atoms with Crippen molar-refractivity contribution in [2.24, 2.45) is 0 Å². The number of aryl methyl sites for hydroxylation is 1. The van der Waals surface area contributed by atoms with Gasteiger partial charge in [0.2, 0.25) is 11.9 Å². The molecule has 0 N–H and O–H groups in total. The fourth-order valence-electron chi connectivity index (χ4n) is 4.05. The summed E-state index contributed by atoms with van der Waals surface area (Å²) >= 11 is 0. The van der Waals surface area contributed by atoms with Crippen LogP contribution in [0.3, 0.4) is 0 Å². The van der Waals surface area contributed by atoms with Crippen LogP contribution >= 0.6 is 0 Å². The third-order valence-electron chi connectivity index (χ3n) is 5.67. The molecule has 0 saturated carbocycles. The average Bonchev–Trinajstić information content (AvgIpc) is 3.36. The molecule has 186 valence electrons. The molecule has 4 heterocycles. The molecule has 5 aromatic rings. The van der Waals surface area contributed by atoms with Crippen LogP contribution in [-0.4, -0.2) is 24.7 Å². The van der Waals surface area contributed by atoms with E-state index in [0.29, 0.717) is 11.4 Å². The molecule has 0 amide bonds. The smallest absolute Gasteiger partial charge is 0.252 e. The van der Waals surface area contributed by atoms with Gasteiger partial charge in [-0.1, -0.05) is 36.4 Å². The van der Waals surface area contributed by atoms with E-state index in [0.717, 1.165) is 27.9 Å². The van der Waals surface area contributed by atoms with Crippen molar-refractivity contribution in [2.45, 2.75) is 19.0 Å². The van der Waals surface area contributed by atoms with E-state index in [-0.39, 0.29) is 17.1 Å². The van der Waals surface area contributed by atoms with Crippen LogP contribution in [0.5, 0.6) is 0 Å². The first-order valence-electron chi connectivity index (χ1n) is 11.2. The van der Waals surface area contributed by atoms with Crippen molar-refractivity contribution in [2.75, 3.05) is 0 Å². The first-order valence-corrected chi connectivity index (χ1v) is 11.2. The van der Waals surface area contributed by atoms with E-state index in [4.69, 9.17) is 0 Å². The van der Waals surface area contributed by atoms with Crippen LogP contribution in [0.15, 0.2) is 85.1 Å². The monoisotopic (exact) mass is 507 g/mol. The summed E-state index contributed by atoms with van der Waals surface area (Å²) in [5.74, 6) is -2.28. The Balaban J connectivity index is 1.64. The molecule has 5 rings (SSSR count). The van der Waals surface area contributed by atoms with Crippen LogP contribution in [-0.2, 0) is 6.18 Å². The molecule has 0 spiro atoms. The van der Waals surface area contributed by atoms with Crippen molar-refractivity contribution in [3.8, 4) is 17.1 Å². The molecule has 0 aliphatic rings. The van der Waals surface area contributed by atoms with E-state index in [1.165, 1.54) is 12.3 Å². The van der Waals surface area contributed by atoms with Gasteiger partial charge >= 0.3 is 6.18 Å². The Bertz CT molecular complexity index is 1560. The minimum Gasteiger partial charge on any atom is -0.252 e.